The normalized spacial score (nSPS) is 14.7. The van der Waals surface area contributed by atoms with E-state index in [1.165, 1.54) is 18.4 Å². The minimum Gasteiger partial charge on any atom is -0.314 e. The van der Waals surface area contributed by atoms with Gasteiger partial charge >= 0.3 is 0 Å². The number of aryl methyl sites for hydroxylation is 1. The van der Waals surface area contributed by atoms with Crippen LogP contribution in [0.4, 0.5) is 11.8 Å². The zero-order chi connectivity index (χ0) is 17.2. The van der Waals surface area contributed by atoms with Gasteiger partial charge in [0.25, 0.3) is 0 Å². The van der Waals surface area contributed by atoms with Crippen molar-refractivity contribution in [1.29, 1.82) is 5.26 Å². The molecular formula is C19H20N6. The SMILES string of the molecule is CCc1ccc(Nc2ncc3cc(C#N)n(C4CCCC4)c3n2)nc1. The smallest absolute Gasteiger partial charge is 0.230 e. The number of nitriles is 1. The molecule has 3 heterocycles. The van der Waals surface area contributed by atoms with Crippen LogP contribution < -0.4 is 5.32 Å². The van der Waals surface area contributed by atoms with Crippen LogP contribution in [0.25, 0.3) is 11.0 Å². The van der Waals surface area contributed by atoms with Crippen LogP contribution in [0.15, 0.2) is 30.6 Å². The molecule has 4 rings (SSSR count). The third-order valence-corrected chi connectivity index (χ3v) is 4.85. The molecule has 0 amide bonds. The molecule has 1 saturated carbocycles. The van der Waals surface area contributed by atoms with Crippen LogP contribution in [0.5, 0.6) is 0 Å². The van der Waals surface area contributed by atoms with Crippen LogP contribution in [0, 0.1) is 11.3 Å². The Morgan fingerprint density at radius 2 is 2.08 bits per heavy atom. The Bertz CT molecular complexity index is 929. The highest BCUT2D eigenvalue weighted by Gasteiger charge is 2.22. The third-order valence-electron chi connectivity index (χ3n) is 4.85. The van der Waals surface area contributed by atoms with Crippen molar-refractivity contribution in [2.24, 2.45) is 0 Å². The van der Waals surface area contributed by atoms with E-state index >= 15 is 0 Å². The highest BCUT2D eigenvalue weighted by Crippen LogP contribution is 2.34. The molecule has 6 heteroatoms. The maximum absolute atomic E-state index is 9.49. The molecule has 0 saturated heterocycles. The summed E-state index contributed by atoms with van der Waals surface area (Å²) >= 11 is 0. The number of nitrogens with zero attached hydrogens (tertiary/aromatic N) is 5. The fourth-order valence-corrected chi connectivity index (χ4v) is 3.51. The first-order valence-corrected chi connectivity index (χ1v) is 8.78. The van der Waals surface area contributed by atoms with E-state index in [2.05, 4.69) is 37.8 Å². The van der Waals surface area contributed by atoms with Crippen molar-refractivity contribution in [3.05, 3.63) is 41.9 Å². The molecule has 0 radical (unpaired) electrons. The Hall–Kier alpha value is -2.94. The minimum absolute atomic E-state index is 0.358. The van der Waals surface area contributed by atoms with E-state index in [0.29, 0.717) is 17.7 Å². The second-order valence-corrected chi connectivity index (χ2v) is 6.45. The molecule has 0 atom stereocenters. The lowest BCUT2D eigenvalue weighted by molar-refractivity contribution is 0.528. The lowest BCUT2D eigenvalue weighted by Gasteiger charge is -2.14. The Kier molecular flexibility index (Phi) is 4.06. The van der Waals surface area contributed by atoms with E-state index in [4.69, 9.17) is 0 Å². The molecular weight excluding hydrogens is 312 g/mol. The first-order chi connectivity index (χ1) is 12.3. The second kappa shape index (κ2) is 6.52. The van der Waals surface area contributed by atoms with E-state index < -0.39 is 0 Å². The number of hydrogen-bond donors (Lipinski definition) is 1. The van der Waals surface area contributed by atoms with E-state index in [-0.39, 0.29) is 0 Å². The monoisotopic (exact) mass is 332 g/mol. The van der Waals surface area contributed by atoms with Crippen LogP contribution in [0.2, 0.25) is 0 Å². The summed E-state index contributed by atoms with van der Waals surface area (Å²) in [4.78, 5) is 13.4. The molecule has 0 unspecified atom stereocenters. The summed E-state index contributed by atoms with van der Waals surface area (Å²) in [5.41, 5.74) is 2.68. The molecule has 126 valence electrons. The Morgan fingerprint density at radius 1 is 1.24 bits per heavy atom. The summed E-state index contributed by atoms with van der Waals surface area (Å²) in [5, 5.41) is 13.6. The molecule has 0 aliphatic heterocycles. The fourth-order valence-electron chi connectivity index (χ4n) is 3.51. The molecule has 1 aliphatic carbocycles. The first kappa shape index (κ1) is 15.6. The van der Waals surface area contributed by atoms with Crippen LogP contribution >= 0.6 is 0 Å². The zero-order valence-electron chi connectivity index (χ0n) is 14.2. The number of nitrogens with one attached hydrogen (secondary N) is 1. The van der Waals surface area contributed by atoms with Crippen LogP contribution in [0.1, 0.15) is 49.9 Å². The quantitative estimate of drug-likeness (QED) is 0.777. The number of hydrogen-bond acceptors (Lipinski definition) is 5. The second-order valence-electron chi connectivity index (χ2n) is 6.45. The van der Waals surface area contributed by atoms with Crippen LogP contribution in [-0.2, 0) is 6.42 Å². The maximum atomic E-state index is 9.49. The van der Waals surface area contributed by atoms with Gasteiger partial charge in [0.1, 0.15) is 23.2 Å². The van der Waals surface area contributed by atoms with Gasteiger partial charge in [0.2, 0.25) is 5.95 Å². The summed E-state index contributed by atoms with van der Waals surface area (Å²) in [6, 6.07) is 8.52. The Morgan fingerprint density at radius 3 is 2.76 bits per heavy atom. The lowest BCUT2D eigenvalue weighted by atomic mass is 10.2. The number of pyridine rings is 1. The average molecular weight is 332 g/mol. The third kappa shape index (κ3) is 2.93. The molecule has 1 fully saturated rings. The van der Waals surface area contributed by atoms with Crippen molar-refractivity contribution in [2.75, 3.05) is 5.32 Å². The predicted molar refractivity (Wildman–Crippen MR) is 96.6 cm³/mol. The van der Waals surface area contributed by atoms with Gasteiger partial charge in [0, 0.05) is 23.8 Å². The van der Waals surface area contributed by atoms with Crippen molar-refractivity contribution >= 4 is 22.8 Å². The van der Waals surface area contributed by atoms with Crippen molar-refractivity contribution in [3.8, 4) is 6.07 Å². The van der Waals surface area contributed by atoms with Gasteiger partial charge in [-0.15, -0.1) is 0 Å². The summed E-state index contributed by atoms with van der Waals surface area (Å²) in [6.07, 6.45) is 9.21. The van der Waals surface area contributed by atoms with E-state index in [9.17, 15) is 5.26 Å². The zero-order valence-corrected chi connectivity index (χ0v) is 14.2. The van der Waals surface area contributed by atoms with E-state index in [1.807, 2.05) is 24.4 Å². The topological polar surface area (TPSA) is 79.4 Å². The molecule has 6 nitrogen and oxygen atoms in total. The summed E-state index contributed by atoms with van der Waals surface area (Å²) in [7, 11) is 0. The molecule has 0 aromatic carbocycles. The van der Waals surface area contributed by atoms with Gasteiger partial charge in [0.05, 0.1) is 0 Å². The summed E-state index contributed by atoms with van der Waals surface area (Å²) < 4.78 is 2.09. The van der Waals surface area contributed by atoms with Gasteiger partial charge in [-0.3, -0.25) is 0 Å². The molecule has 3 aromatic heterocycles. The number of rotatable bonds is 4. The summed E-state index contributed by atoms with van der Waals surface area (Å²) in [6.45, 7) is 2.10. The standard InChI is InChI=1S/C19H20N6/c1-2-13-7-8-17(21-11-13)23-19-22-12-14-9-16(10-20)25(18(14)24-19)15-5-3-4-6-15/h7-9,11-12,15H,2-6H2,1H3,(H,21,22,23,24). The highest BCUT2D eigenvalue weighted by atomic mass is 15.2. The minimum atomic E-state index is 0.358. The molecule has 0 bridgehead atoms. The molecule has 3 aromatic rings. The molecule has 25 heavy (non-hydrogen) atoms. The largest absolute Gasteiger partial charge is 0.314 e. The van der Waals surface area contributed by atoms with Gasteiger partial charge in [0.15, 0.2) is 0 Å². The van der Waals surface area contributed by atoms with E-state index in [0.717, 1.165) is 36.1 Å². The number of fused-ring (bicyclic) bond motifs is 1. The average Bonchev–Trinajstić information content (AvgIpc) is 3.29. The first-order valence-electron chi connectivity index (χ1n) is 8.78. The fraction of sp³-hybridized carbons (Fsp3) is 0.368. The van der Waals surface area contributed by atoms with Crippen molar-refractivity contribution in [2.45, 2.75) is 45.1 Å². The maximum Gasteiger partial charge on any atom is 0.230 e. The lowest BCUT2D eigenvalue weighted by Crippen LogP contribution is -2.08. The molecule has 1 aliphatic rings. The van der Waals surface area contributed by atoms with Gasteiger partial charge in [-0.25, -0.2) is 9.97 Å². The highest BCUT2D eigenvalue weighted by molar-refractivity contribution is 5.79. The number of anilines is 2. The van der Waals surface area contributed by atoms with Crippen LogP contribution in [-0.4, -0.2) is 19.5 Å². The van der Waals surface area contributed by atoms with Crippen molar-refractivity contribution in [1.82, 2.24) is 19.5 Å². The van der Waals surface area contributed by atoms with Crippen molar-refractivity contribution < 1.29 is 0 Å². The van der Waals surface area contributed by atoms with Crippen molar-refractivity contribution in [3.63, 3.8) is 0 Å². The van der Waals surface area contributed by atoms with Crippen LogP contribution in [0.3, 0.4) is 0 Å². The molecule has 1 N–H and O–H groups in total. The number of aromatic nitrogens is 4. The van der Waals surface area contributed by atoms with Gasteiger partial charge in [-0.1, -0.05) is 25.8 Å². The summed E-state index contributed by atoms with van der Waals surface area (Å²) in [5.74, 6) is 1.22. The predicted octanol–water partition coefficient (Wildman–Crippen LogP) is 4.12. The van der Waals surface area contributed by atoms with Gasteiger partial charge < -0.3 is 9.88 Å². The van der Waals surface area contributed by atoms with E-state index in [1.54, 1.807) is 6.20 Å². The Labute approximate surface area is 146 Å². The Balaban J connectivity index is 1.70. The van der Waals surface area contributed by atoms with Gasteiger partial charge in [-0.2, -0.15) is 10.2 Å². The van der Waals surface area contributed by atoms with Gasteiger partial charge in [-0.05, 0) is 37.0 Å². The molecule has 0 spiro atoms.